The van der Waals surface area contributed by atoms with Crippen molar-refractivity contribution in [3.05, 3.63) is 12.2 Å². The second-order valence-electron chi connectivity index (χ2n) is 16.0. The number of nitrogens with zero attached hydrogens (tertiary/aromatic N) is 1. The van der Waals surface area contributed by atoms with Gasteiger partial charge in [-0.15, -0.1) is 0 Å². The zero-order valence-electron chi connectivity index (χ0n) is 35.2. The molecule has 0 aliphatic carbocycles. The van der Waals surface area contributed by atoms with Crippen molar-refractivity contribution in [2.24, 2.45) is 0 Å². The Labute approximate surface area is 325 Å². The normalized spacial score (nSPS) is 13.0. The first kappa shape index (κ1) is 51.0. The minimum absolute atomic E-state index is 0.180. The zero-order valence-corrected chi connectivity index (χ0v) is 35.2. The molecular weight excluding hydrogens is 670 g/mol. The third-order valence-electron chi connectivity index (χ3n) is 9.52. The number of allylic oxidation sites excluding steroid dienone is 2. The molecule has 0 heterocycles. The average Bonchev–Trinajstić information content (AvgIpc) is 3.11. The van der Waals surface area contributed by atoms with Gasteiger partial charge in [0.1, 0.15) is 13.2 Å². The molecule has 0 aliphatic rings. The summed E-state index contributed by atoms with van der Waals surface area (Å²) in [5.74, 6) is -2.01. The van der Waals surface area contributed by atoms with E-state index >= 15 is 0 Å². The largest absolute Gasteiger partial charge is 0.477 e. The van der Waals surface area contributed by atoms with Crippen LogP contribution in [0.4, 0.5) is 0 Å². The van der Waals surface area contributed by atoms with E-state index in [4.69, 9.17) is 18.9 Å². The number of aliphatic carboxylic acids is 1. The van der Waals surface area contributed by atoms with Gasteiger partial charge in [-0.3, -0.25) is 9.59 Å². The van der Waals surface area contributed by atoms with Gasteiger partial charge in [0.15, 0.2) is 6.10 Å². The number of carboxylic acid groups (broad SMARTS) is 1. The van der Waals surface area contributed by atoms with E-state index in [0.29, 0.717) is 23.9 Å². The predicted octanol–water partition coefficient (Wildman–Crippen LogP) is 11.1. The first-order chi connectivity index (χ1) is 25.6. The molecule has 53 heavy (non-hydrogen) atoms. The Hall–Kier alpha value is -1.97. The summed E-state index contributed by atoms with van der Waals surface area (Å²) >= 11 is 0. The second kappa shape index (κ2) is 37.0. The summed E-state index contributed by atoms with van der Waals surface area (Å²) < 4.78 is 22.7. The SMILES string of the molecule is CCCC/C=C\CCCCCCCC(=O)OC(COC(=O)CCCCCCCCCCCCCCCCCCC)COC(OCC[N+](C)(C)C)C(=O)O. The monoisotopic (exact) mass is 755 g/mol. The van der Waals surface area contributed by atoms with Crippen molar-refractivity contribution < 1.29 is 42.9 Å². The molecule has 0 amide bonds. The fourth-order valence-electron chi connectivity index (χ4n) is 6.05. The van der Waals surface area contributed by atoms with Crippen LogP contribution in [0.1, 0.15) is 194 Å². The summed E-state index contributed by atoms with van der Waals surface area (Å²) in [4.78, 5) is 37.0. The quantitative estimate of drug-likeness (QED) is 0.0217. The molecule has 2 unspecified atom stereocenters. The van der Waals surface area contributed by atoms with Crippen molar-refractivity contribution in [2.75, 3.05) is 47.5 Å². The molecular formula is C44H84NO8+. The van der Waals surface area contributed by atoms with Crippen molar-refractivity contribution in [1.29, 1.82) is 0 Å². The lowest BCUT2D eigenvalue weighted by atomic mass is 10.0. The summed E-state index contributed by atoms with van der Waals surface area (Å²) in [6.07, 6.45) is 34.1. The smallest absolute Gasteiger partial charge is 0.361 e. The molecule has 9 nitrogen and oxygen atoms in total. The zero-order chi connectivity index (χ0) is 39.3. The number of rotatable bonds is 40. The third-order valence-corrected chi connectivity index (χ3v) is 9.52. The Morgan fingerprint density at radius 3 is 1.45 bits per heavy atom. The van der Waals surface area contributed by atoms with E-state index < -0.39 is 24.3 Å². The van der Waals surface area contributed by atoms with Crippen LogP contribution in [-0.2, 0) is 33.3 Å². The fraction of sp³-hybridized carbons (Fsp3) is 0.886. The Morgan fingerprint density at radius 2 is 0.981 bits per heavy atom. The second-order valence-corrected chi connectivity index (χ2v) is 16.0. The Kier molecular flexibility index (Phi) is 35.6. The van der Waals surface area contributed by atoms with Crippen LogP contribution in [0.3, 0.4) is 0 Å². The van der Waals surface area contributed by atoms with E-state index in [1.165, 1.54) is 103 Å². The number of quaternary nitrogens is 1. The van der Waals surface area contributed by atoms with Gasteiger partial charge >= 0.3 is 17.9 Å². The number of unbranched alkanes of at least 4 members (excludes halogenated alkanes) is 23. The number of carboxylic acids is 1. The minimum Gasteiger partial charge on any atom is -0.477 e. The van der Waals surface area contributed by atoms with Gasteiger partial charge in [-0.2, -0.15) is 0 Å². The molecule has 0 saturated carbocycles. The summed E-state index contributed by atoms with van der Waals surface area (Å²) in [5.41, 5.74) is 0. The van der Waals surface area contributed by atoms with Crippen LogP contribution in [0.5, 0.6) is 0 Å². The number of esters is 2. The maximum atomic E-state index is 12.7. The third kappa shape index (κ3) is 38.1. The Bertz CT molecular complexity index is 887. The lowest BCUT2D eigenvalue weighted by Crippen LogP contribution is -2.40. The molecule has 312 valence electrons. The Morgan fingerprint density at radius 1 is 0.547 bits per heavy atom. The molecule has 2 atom stereocenters. The number of carbonyl (C=O) groups is 3. The van der Waals surface area contributed by atoms with Crippen LogP contribution in [-0.4, -0.2) is 87.4 Å². The van der Waals surface area contributed by atoms with Crippen LogP contribution in [0, 0.1) is 0 Å². The van der Waals surface area contributed by atoms with Crippen molar-refractivity contribution in [3.8, 4) is 0 Å². The maximum absolute atomic E-state index is 12.7. The Balaban J connectivity index is 4.39. The van der Waals surface area contributed by atoms with E-state index in [1.54, 1.807) is 0 Å². The highest BCUT2D eigenvalue weighted by Gasteiger charge is 2.25. The fourth-order valence-corrected chi connectivity index (χ4v) is 6.05. The summed E-state index contributed by atoms with van der Waals surface area (Å²) in [6.45, 7) is 4.83. The van der Waals surface area contributed by atoms with Crippen molar-refractivity contribution in [2.45, 2.75) is 206 Å². The van der Waals surface area contributed by atoms with E-state index in [-0.39, 0.29) is 32.2 Å². The van der Waals surface area contributed by atoms with Gasteiger partial charge in [0.25, 0.3) is 6.29 Å². The summed E-state index contributed by atoms with van der Waals surface area (Å²) in [7, 11) is 5.95. The summed E-state index contributed by atoms with van der Waals surface area (Å²) in [5, 5.41) is 9.61. The van der Waals surface area contributed by atoms with Gasteiger partial charge in [0.2, 0.25) is 0 Å². The van der Waals surface area contributed by atoms with Gasteiger partial charge in [-0.05, 0) is 32.1 Å². The topological polar surface area (TPSA) is 108 Å². The van der Waals surface area contributed by atoms with E-state index in [0.717, 1.165) is 57.8 Å². The highest BCUT2D eigenvalue weighted by Crippen LogP contribution is 2.15. The molecule has 0 saturated heterocycles. The molecule has 0 fully saturated rings. The summed E-state index contributed by atoms with van der Waals surface area (Å²) in [6, 6.07) is 0. The van der Waals surface area contributed by atoms with E-state index in [1.807, 2.05) is 21.1 Å². The molecule has 0 aromatic carbocycles. The highest BCUT2D eigenvalue weighted by molar-refractivity contribution is 5.71. The van der Waals surface area contributed by atoms with E-state index in [2.05, 4.69) is 26.0 Å². The minimum atomic E-state index is -1.50. The number of carbonyl (C=O) groups excluding carboxylic acids is 2. The van der Waals surface area contributed by atoms with Gasteiger partial charge < -0.3 is 28.5 Å². The molecule has 0 aromatic heterocycles. The van der Waals surface area contributed by atoms with Crippen LogP contribution in [0.2, 0.25) is 0 Å². The van der Waals surface area contributed by atoms with E-state index in [9.17, 15) is 19.5 Å². The van der Waals surface area contributed by atoms with Gasteiger partial charge in [0, 0.05) is 12.8 Å². The van der Waals surface area contributed by atoms with Gasteiger partial charge in [0.05, 0.1) is 34.4 Å². The molecule has 0 spiro atoms. The molecule has 0 radical (unpaired) electrons. The van der Waals surface area contributed by atoms with Crippen molar-refractivity contribution in [3.63, 3.8) is 0 Å². The predicted molar refractivity (Wildman–Crippen MR) is 217 cm³/mol. The van der Waals surface area contributed by atoms with Crippen molar-refractivity contribution >= 4 is 17.9 Å². The first-order valence-corrected chi connectivity index (χ1v) is 21.9. The maximum Gasteiger partial charge on any atom is 0.361 e. The molecule has 0 aliphatic heterocycles. The van der Waals surface area contributed by atoms with Crippen molar-refractivity contribution in [1.82, 2.24) is 0 Å². The number of likely N-dealkylation sites (N-methyl/N-ethyl adjacent to an activating group) is 1. The molecule has 0 aromatic rings. The van der Waals surface area contributed by atoms with Gasteiger partial charge in [-0.25, -0.2) is 4.79 Å². The highest BCUT2D eigenvalue weighted by atomic mass is 16.7. The lowest BCUT2D eigenvalue weighted by molar-refractivity contribution is -0.870. The average molecular weight is 755 g/mol. The van der Waals surface area contributed by atoms with Crippen LogP contribution in [0.25, 0.3) is 0 Å². The first-order valence-electron chi connectivity index (χ1n) is 21.9. The lowest BCUT2D eigenvalue weighted by Gasteiger charge is -2.25. The molecule has 0 bridgehead atoms. The number of hydrogen-bond acceptors (Lipinski definition) is 7. The van der Waals surface area contributed by atoms with Crippen LogP contribution >= 0.6 is 0 Å². The molecule has 1 N–H and O–H groups in total. The molecule has 9 heteroatoms. The van der Waals surface area contributed by atoms with Gasteiger partial charge in [-0.1, -0.05) is 161 Å². The van der Waals surface area contributed by atoms with Crippen LogP contribution < -0.4 is 0 Å². The number of ether oxygens (including phenoxy) is 4. The number of hydrogen-bond donors (Lipinski definition) is 1. The molecule has 0 rings (SSSR count). The standard InChI is InChI=1S/C44H83NO8/c1-6-8-10-12-14-16-18-19-20-21-22-23-25-26-28-30-32-34-41(46)51-38-40(39-52-44(43(48)49)50-37-36-45(3,4)5)53-42(47)35-33-31-29-27-24-17-15-13-11-9-7-2/h13,15,40,44H,6-12,14,16-39H2,1-5H3/p+1/b15-13-. The van der Waals surface area contributed by atoms with Crippen LogP contribution in [0.15, 0.2) is 12.2 Å².